The molecular formula is C17H23N3O. The van der Waals surface area contributed by atoms with Gasteiger partial charge < -0.3 is 14.8 Å². The predicted octanol–water partition coefficient (Wildman–Crippen LogP) is 2.58. The van der Waals surface area contributed by atoms with Crippen molar-refractivity contribution in [3.05, 3.63) is 36.0 Å². The quantitative estimate of drug-likeness (QED) is 0.941. The molecular weight excluding hydrogens is 262 g/mol. The molecule has 3 rings (SSSR count). The van der Waals surface area contributed by atoms with Gasteiger partial charge in [0.25, 0.3) is 5.91 Å². The zero-order valence-corrected chi connectivity index (χ0v) is 12.8. The van der Waals surface area contributed by atoms with E-state index in [1.807, 2.05) is 35.4 Å². The van der Waals surface area contributed by atoms with Crippen molar-refractivity contribution >= 4 is 16.8 Å². The summed E-state index contributed by atoms with van der Waals surface area (Å²) in [5.41, 5.74) is 1.83. The molecule has 0 atom stereocenters. The molecule has 1 amide bonds. The molecule has 4 nitrogen and oxygen atoms in total. The Labute approximate surface area is 125 Å². The number of hydrogen-bond acceptors (Lipinski definition) is 2. The average molecular weight is 285 g/mol. The van der Waals surface area contributed by atoms with E-state index >= 15 is 0 Å². The monoisotopic (exact) mass is 285 g/mol. The molecule has 0 spiro atoms. The van der Waals surface area contributed by atoms with E-state index in [2.05, 4.69) is 24.0 Å². The van der Waals surface area contributed by atoms with Crippen LogP contribution in [0.25, 0.3) is 10.9 Å². The molecule has 0 bridgehead atoms. The summed E-state index contributed by atoms with van der Waals surface area (Å²) in [6.07, 6.45) is 4.05. The molecule has 112 valence electrons. The number of hydrogen-bond donors (Lipinski definition) is 1. The highest BCUT2D eigenvalue weighted by molar-refractivity contribution is 6.06. The zero-order chi connectivity index (χ0) is 14.8. The van der Waals surface area contributed by atoms with E-state index in [1.165, 1.54) is 0 Å². The van der Waals surface area contributed by atoms with Crippen LogP contribution in [0, 0.1) is 5.92 Å². The smallest absolute Gasteiger partial charge is 0.256 e. The summed E-state index contributed by atoms with van der Waals surface area (Å²) >= 11 is 0. The average Bonchev–Trinajstić information content (AvgIpc) is 2.90. The van der Waals surface area contributed by atoms with Gasteiger partial charge in [0.1, 0.15) is 0 Å². The number of H-pyrrole nitrogens is 1. The summed E-state index contributed by atoms with van der Waals surface area (Å²) in [4.78, 5) is 20.1. The number of aromatic amines is 1. The Balaban J connectivity index is 1.69. The fourth-order valence-electron chi connectivity index (χ4n) is 3.25. The fraction of sp³-hybridized carbons (Fsp3) is 0.471. The highest BCUT2D eigenvalue weighted by atomic mass is 16.2. The Morgan fingerprint density at radius 2 is 2.00 bits per heavy atom. The molecule has 1 aromatic heterocycles. The van der Waals surface area contributed by atoms with Gasteiger partial charge in [0, 0.05) is 36.7 Å². The van der Waals surface area contributed by atoms with Crippen molar-refractivity contribution in [3.8, 4) is 0 Å². The second-order valence-corrected chi connectivity index (χ2v) is 6.25. The Morgan fingerprint density at radius 3 is 2.71 bits per heavy atom. The first-order valence-corrected chi connectivity index (χ1v) is 7.65. The van der Waals surface area contributed by atoms with Crippen LogP contribution < -0.4 is 0 Å². The lowest BCUT2D eigenvalue weighted by molar-refractivity contribution is 0.0680. The van der Waals surface area contributed by atoms with Crippen molar-refractivity contribution in [3.63, 3.8) is 0 Å². The molecule has 1 fully saturated rings. The lowest BCUT2D eigenvalue weighted by atomic mass is 9.96. The molecule has 0 saturated carbocycles. The summed E-state index contributed by atoms with van der Waals surface area (Å²) < 4.78 is 0. The highest BCUT2D eigenvalue weighted by Crippen LogP contribution is 2.23. The standard InChI is InChI=1S/C17H23N3O/c1-19(2)12-13-7-9-20(10-8-13)17(21)15-11-18-16-6-4-3-5-14(15)16/h3-6,11,13,18H,7-10,12H2,1-2H3. The molecule has 1 aromatic carbocycles. The predicted molar refractivity (Wildman–Crippen MR) is 85.5 cm³/mol. The number of amides is 1. The van der Waals surface area contributed by atoms with Gasteiger partial charge in [0.15, 0.2) is 0 Å². The summed E-state index contributed by atoms with van der Waals surface area (Å²) in [5.74, 6) is 0.878. The summed E-state index contributed by atoms with van der Waals surface area (Å²) in [7, 11) is 4.23. The van der Waals surface area contributed by atoms with E-state index < -0.39 is 0 Å². The summed E-state index contributed by atoms with van der Waals surface area (Å²) in [5, 5.41) is 1.03. The van der Waals surface area contributed by atoms with Crippen molar-refractivity contribution in [2.75, 3.05) is 33.7 Å². The van der Waals surface area contributed by atoms with Crippen LogP contribution in [-0.2, 0) is 0 Å². The maximum Gasteiger partial charge on any atom is 0.256 e. The Kier molecular flexibility index (Phi) is 3.97. The molecule has 2 heterocycles. The van der Waals surface area contributed by atoms with E-state index in [-0.39, 0.29) is 5.91 Å². The van der Waals surface area contributed by atoms with E-state index in [4.69, 9.17) is 0 Å². The second kappa shape index (κ2) is 5.90. The number of rotatable bonds is 3. The molecule has 2 aromatic rings. The zero-order valence-electron chi connectivity index (χ0n) is 12.8. The molecule has 1 aliphatic rings. The topological polar surface area (TPSA) is 39.3 Å². The number of benzene rings is 1. The minimum absolute atomic E-state index is 0.163. The maximum atomic E-state index is 12.7. The van der Waals surface area contributed by atoms with Crippen LogP contribution in [0.15, 0.2) is 30.5 Å². The first-order valence-electron chi connectivity index (χ1n) is 7.65. The summed E-state index contributed by atoms with van der Waals surface area (Å²) in [6.45, 7) is 2.86. The van der Waals surface area contributed by atoms with Gasteiger partial charge in [0.2, 0.25) is 0 Å². The third kappa shape index (κ3) is 2.95. The third-order valence-electron chi connectivity index (χ3n) is 4.34. The number of nitrogens with one attached hydrogen (secondary N) is 1. The van der Waals surface area contributed by atoms with Gasteiger partial charge in [-0.3, -0.25) is 4.79 Å². The van der Waals surface area contributed by atoms with Crippen LogP contribution in [0.2, 0.25) is 0 Å². The highest BCUT2D eigenvalue weighted by Gasteiger charge is 2.25. The number of nitrogens with zero attached hydrogens (tertiary/aromatic N) is 2. The number of aromatic nitrogens is 1. The van der Waals surface area contributed by atoms with Gasteiger partial charge in [-0.1, -0.05) is 18.2 Å². The number of fused-ring (bicyclic) bond motifs is 1. The van der Waals surface area contributed by atoms with Crippen molar-refractivity contribution in [1.82, 2.24) is 14.8 Å². The minimum atomic E-state index is 0.163. The first kappa shape index (κ1) is 14.1. The summed E-state index contributed by atoms with van der Waals surface area (Å²) in [6, 6.07) is 7.99. The van der Waals surface area contributed by atoms with E-state index in [0.717, 1.165) is 48.9 Å². The van der Waals surface area contributed by atoms with Gasteiger partial charge in [-0.15, -0.1) is 0 Å². The molecule has 0 radical (unpaired) electrons. The number of likely N-dealkylation sites (tertiary alicyclic amines) is 1. The van der Waals surface area contributed by atoms with Crippen LogP contribution in [0.3, 0.4) is 0 Å². The van der Waals surface area contributed by atoms with Crippen molar-refractivity contribution < 1.29 is 4.79 Å². The lowest BCUT2D eigenvalue weighted by Crippen LogP contribution is -2.40. The van der Waals surface area contributed by atoms with Gasteiger partial charge in [-0.25, -0.2) is 0 Å². The van der Waals surface area contributed by atoms with Crippen LogP contribution in [0.4, 0.5) is 0 Å². The maximum absolute atomic E-state index is 12.7. The molecule has 0 aliphatic carbocycles. The van der Waals surface area contributed by atoms with Gasteiger partial charge >= 0.3 is 0 Å². The Morgan fingerprint density at radius 1 is 1.29 bits per heavy atom. The fourth-order valence-corrected chi connectivity index (χ4v) is 3.25. The minimum Gasteiger partial charge on any atom is -0.360 e. The van der Waals surface area contributed by atoms with E-state index in [0.29, 0.717) is 5.92 Å². The molecule has 0 unspecified atom stereocenters. The van der Waals surface area contributed by atoms with Crippen molar-refractivity contribution in [1.29, 1.82) is 0 Å². The third-order valence-corrected chi connectivity index (χ3v) is 4.34. The molecule has 1 N–H and O–H groups in total. The SMILES string of the molecule is CN(C)CC1CCN(C(=O)c2c[nH]c3ccccc23)CC1. The normalized spacial score (nSPS) is 16.8. The number of para-hydroxylation sites is 1. The largest absolute Gasteiger partial charge is 0.360 e. The number of piperidine rings is 1. The first-order chi connectivity index (χ1) is 10.1. The van der Waals surface area contributed by atoms with E-state index in [9.17, 15) is 4.79 Å². The Hall–Kier alpha value is -1.81. The molecule has 21 heavy (non-hydrogen) atoms. The van der Waals surface area contributed by atoms with Crippen LogP contribution in [0.5, 0.6) is 0 Å². The van der Waals surface area contributed by atoms with Gasteiger partial charge in [-0.05, 0) is 38.9 Å². The van der Waals surface area contributed by atoms with Crippen molar-refractivity contribution in [2.24, 2.45) is 5.92 Å². The second-order valence-electron chi connectivity index (χ2n) is 6.25. The lowest BCUT2D eigenvalue weighted by Gasteiger charge is -2.33. The van der Waals surface area contributed by atoms with Crippen LogP contribution in [0.1, 0.15) is 23.2 Å². The van der Waals surface area contributed by atoms with Gasteiger partial charge in [-0.2, -0.15) is 0 Å². The van der Waals surface area contributed by atoms with Crippen LogP contribution >= 0.6 is 0 Å². The number of carbonyl (C=O) groups is 1. The Bertz CT molecular complexity index is 624. The molecule has 1 aliphatic heterocycles. The van der Waals surface area contributed by atoms with Gasteiger partial charge in [0.05, 0.1) is 5.56 Å². The van der Waals surface area contributed by atoms with Crippen LogP contribution in [-0.4, -0.2) is 54.4 Å². The molecule has 4 heteroatoms. The molecule has 1 saturated heterocycles. The van der Waals surface area contributed by atoms with Crippen molar-refractivity contribution in [2.45, 2.75) is 12.8 Å². The van der Waals surface area contributed by atoms with E-state index in [1.54, 1.807) is 0 Å². The number of carbonyl (C=O) groups excluding carboxylic acids is 1.